The third-order valence-electron chi connectivity index (χ3n) is 5.41. The van der Waals surface area contributed by atoms with Crippen LogP contribution in [0.2, 0.25) is 0 Å². The van der Waals surface area contributed by atoms with E-state index in [0.29, 0.717) is 17.5 Å². The first-order valence-corrected chi connectivity index (χ1v) is 8.24. The number of nitrogens with one attached hydrogen (secondary N) is 1. The van der Waals surface area contributed by atoms with Gasteiger partial charge in [-0.15, -0.1) is 0 Å². The maximum Gasteiger partial charge on any atom is 0.166 e. The Kier molecular flexibility index (Phi) is 3.53. The van der Waals surface area contributed by atoms with Gasteiger partial charge in [0, 0.05) is 18.4 Å². The van der Waals surface area contributed by atoms with E-state index in [4.69, 9.17) is 9.47 Å². The summed E-state index contributed by atoms with van der Waals surface area (Å²) >= 11 is 0. The maximum atomic E-state index is 10.4. The highest BCUT2D eigenvalue weighted by molar-refractivity contribution is 5.52. The summed E-state index contributed by atoms with van der Waals surface area (Å²) in [6, 6.07) is 7.98. The first-order valence-electron chi connectivity index (χ1n) is 8.24. The molecule has 0 saturated heterocycles. The normalized spacial score (nSPS) is 21.4. The summed E-state index contributed by atoms with van der Waals surface area (Å²) in [6.45, 7) is 1.77. The molecule has 0 bridgehead atoms. The van der Waals surface area contributed by atoms with Crippen molar-refractivity contribution in [1.82, 2.24) is 0 Å². The molecule has 0 aliphatic carbocycles. The molecule has 24 heavy (non-hydrogen) atoms. The lowest BCUT2D eigenvalue weighted by atomic mass is 9.83. The molecule has 0 spiro atoms. The molecule has 5 nitrogen and oxygen atoms in total. The number of phenols is 2. The van der Waals surface area contributed by atoms with Crippen molar-refractivity contribution in [3.8, 4) is 23.0 Å². The van der Waals surface area contributed by atoms with Crippen LogP contribution in [0.15, 0.2) is 24.3 Å². The number of quaternary nitrogens is 1. The quantitative estimate of drug-likeness (QED) is 0.779. The highest BCUT2D eigenvalue weighted by Crippen LogP contribution is 2.39. The Morgan fingerprint density at radius 2 is 1.83 bits per heavy atom. The first-order chi connectivity index (χ1) is 11.6. The van der Waals surface area contributed by atoms with Gasteiger partial charge in [0.2, 0.25) is 0 Å². The predicted molar refractivity (Wildman–Crippen MR) is 89.0 cm³/mol. The van der Waals surface area contributed by atoms with E-state index in [1.54, 1.807) is 14.2 Å². The van der Waals surface area contributed by atoms with Crippen LogP contribution in [0.4, 0.5) is 0 Å². The fourth-order valence-corrected chi connectivity index (χ4v) is 4.14. The number of ether oxygens (including phenoxy) is 2. The summed E-state index contributed by atoms with van der Waals surface area (Å²) in [5, 5.41) is 20.6. The van der Waals surface area contributed by atoms with E-state index in [-0.39, 0.29) is 11.5 Å². The molecule has 2 aromatic rings. The van der Waals surface area contributed by atoms with Gasteiger partial charge in [-0.25, -0.2) is 0 Å². The van der Waals surface area contributed by atoms with Gasteiger partial charge in [0.05, 0.1) is 26.3 Å². The second-order valence-corrected chi connectivity index (χ2v) is 6.57. The van der Waals surface area contributed by atoms with E-state index in [2.05, 4.69) is 0 Å². The van der Waals surface area contributed by atoms with Gasteiger partial charge < -0.3 is 24.6 Å². The zero-order valence-electron chi connectivity index (χ0n) is 13.9. The lowest BCUT2D eigenvalue weighted by Crippen LogP contribution is -3.13. The van der Waals surface area contributed by atoms with Gasteiger partial charge >= 0.3 is 0 Å². The Balaban J connectivity index is 1.76. The van der Waals surface area contributed by atoms with Crippen molar-refractivity contribution in [2.75, 3.05) is 20.8 Å². The molecule has 3 N–H and O–H groups in total. The lowest BCUT2D eigenvalue weighted by molar-refractivity contribution is -0.949. The third kappa shape index (κ3) is 2.19. The van der Waals surface area contributed by atoms with E-state index in [0.717, 1.165) is 37.1 Å². The molecule has 0 saturated carbocycles. The van der Waals surface area contributed by atoms with Crippen molar-refractivity contribution in [1.29, 1.82) is 0 Å². The van der Waals surface area contributed by atoms with E-state index in [9.17, 15) is 10.2 Å². The number of benzene rings is 2. The number of phenolic OH excluding ortho intramolecular Hbond substituents is 2. The van der Waals surface area contributed by atoms with Crippen LogP contribution in [0, 0.1) is 0 Å². The maximum absolute atomic E-state index is 10.4. The number of aromatic hydroxyl groups is 2. The zero-order valence-corrected chi connectivity index (χ0v) is 13.9. The fraction of sp³-hybridized carbons (Fsp3) is 0.368. The summed E-state index contributed by atoms with van der Waals surface area (Å²) in [5.74, 6) is 1.53. The van der Waals surface area contributed by atoms with Crippen LogP contribution in [0.3, 0.4) is 0 Å². The van der Waals surface area contributed by atoms with Gasteiger partial charge in [0.1, 0.15) is 12.6 Å². The van der Waals surface area contributed by atoms with Crippen LogP contribution >= 0.6 is 0 Å². The molecule has 2 heterocycles. The Hall–Kier alpha value is -2.40. The Bertz CT molecular complexity index is 802. The topological polar surface area (TPSA) is 63.4 Å². The molecule has 5 heteroatoms. The van der Waals surface area contributed by atoms with Crippen molar-refractivity contribution in [3.05, 3.63) is 46.5 Å². The van der Waals surface area contributed by atoms with E-state index < -0.39 is 0 Å². The molecule has 2 aromatic carbocycles. The van der Waals surface area contributed by atoms with Crippen molar-refractivity contribution in [2.45, 2.75) is 25.4 Å². The highest BCUT2D eigenvalue weighted by atomic mass is 16.5. The van der Waals surface area contributed by atoms with Crippen LogP contribution in [-0.2, 0) is 19.4 Å². The lowest BCUT2D eigenvalue weighted by Gasteiger charge is -2.38. The van der Waals surface area contributed by atoms with Gasteiger partial charge in [0.15, 0.2) is 23.0 Å². The van der Waals surface area contributed by atoms with E-state index >= 15 is 0 Å². The number of hydrogen-bond donors (Lipinski definition) is 3. The Morgan fingerprint density at radius 3 is 2.58 bits per heavy atom. The van der Waals surface area contributed by atoms with Crippen molar-refractivity contribution in [2.24, 2.45) is 0 Å². The summed E-state index contributed by atoms with van der Waals surface area (Å²) < 4.78 is 10.5. The molecule has 0 aromatic heterocycles. The van der Waals surface area contributed by atoms with Gasteiger partial charge in [-0.3, -0.25) is 0 Å². The number of hydrogen-bond acceptors (Lipinski definition) is 4. The van der Waals surface area contributed by atoms with Crippen LogP contribution in [-0.4, -0.2) is 31.0 Å². The summed E-state index contributed by atoms with van der Waals surface area (Å²) in [6.07, 6.45) is 1.79. The zero-order chi connectivity index (χ0) is 16.8. The SMILES string of the molecule is COc1cc2c(cc1O)[C@H]1Cc3ccc(OC)c(O)c3C[NH+]1CC2. The highest BCUT2D eigenvalue weighted by Gasteiger charge is 2.37. The number of fused-ring (bicyclic) bond motifs is 4. The summed E-state index contributed by atoms with van der Waals surface area (Å²) in [4.78, 5) is 1.42. The smallest absolute Gasteiger partial charge is 0.166 e. The third-order valence-corrected chi connectivity index (χ3v) is 5.41. The van der Waals surface area contributed by atoms with Gasteiger partial charge in [-0.2, -0.15) is 0 Å². The molecule has 126 valence electrons. The first kappa shape index (κ1) is 15.1. The second-order valence-electron chi connectivity index (χ2n) is 6.57. The minimum absolute atomic E-state index is 0.195. The van der Waals surface area contributed by atoms with Gasteiger partial charge in [-0.1, -0.05) is 6.07 Å². The monoisotopic (exact) mass is 328 g/mol. The van der Waals surface area contributed by atoms with Crippen LogP contribution in [0.1, 0.15) is 28.3 Å². The average molecular weight is 328 g/mol. The Morgan fingerprint density at radius 1 is 1.04 bits per heavy atom. The molecule has 2 aliphatic rings. The molecule has 0 fully saturated rings. The fourth-order valence-electron chi connectivity index (χ4n) is 4.14. The van der Waals surface area contributed by atoms with Crippen molar-refractivity contribution < 1.29 is 24.6 Å². The second kappa shape index (κ2) is 5.60. The molecule has 0 radical (unpaired) electrons. The van der Waals surface area contributed by atoms with Gasteiger partial charge in [-0.05, 0) is 29.3 Å². The molecule has 0 amide bonds. The van der Waals surface area contributed by atoms with Crippen LogP contribution in [0.25, 0.3) is 0 Å². The minimum atomic E-state index is 0.195. The van der Waals surface area contributed by atoms with Crippen LogP contribution in [0.5, 0.6) is 23.0 Å². The average Bonchev–Trinajstić information content (AvgIpc) is 2.60. The van der Waals surface area contributed by atoms with Crippen LogP contribution < -0.4 is 14.4 Å². The van der Waals surface area contributed by atoms with Crippen molar-refractivity contribution in [3.63, 3.8) is 0 Å². The predicted octanol–water partition coefficient (Wildman–Crippen LogP) is 1.35. The summed E-state index contributed by atoms with van der Waals surface area (Å²) in [5.41, 5.74) is 4.59. The van der Waals surface area contributed by atoms with Gasteiger partial charge in [0.25, 0.3) is 0 Å². The minimum Gasteiger partial charge on any atom is -0.504 e. The van der Waals surface area contributed by atoms with E-state index in [1.165, 1.54) is 16.0 Å². The number of methoxy groups -OCH3 is 2. The number of rotatable bonds is 2. The largest absolute Gasteiger partial charge is 0.504 e. The Labute approximate surface area is 141 Å². The molecule has 1 unspecified atom stereocenters. The molecular formula is C19H22NO4+. The van der Waals surface area contributed by atoms with E-state index in [1.807, 2.05) is 24.3 Å². The molecule has 4 rings (SSSR count). The van der Waals surface area contributed by atoms with Crippen molar-refractivity contribution >= 4 is 0 Å². The molecule has 2 aliphatic heterocycles. The summed E-state index contributed by atoms with van der Waals surface area (Å²) in [7, 11) is 3.15. The molecule has 2 atom stereocenters. The standard InChI is InChI=1S/C19H21NO4/c1-23-17-4-3-11-7-15-13-9-16(21)18(24-2)8-12(13)5-6-20(15)10-14(11)19(17)22/h3-4,8-9,15,21-22H,5-7,10H2,1-2H3/p+1/t15-/m1/s1. The molecular weight excluding hydrogens is 306 g/mol.